The van der Waals surface area contributed by atoms with E-state index in [9.17, 15) is 9.59 Å². The molecule has 0 aromatic heterocycles. The number of hydrogen-bond acceptors (Lipinski definition) is 4. The van der Waals surface area contributed by atoms with Crippen molar-refractivity contribution in [3.8, 4) is 0 Å². The molecule has 0 aliphatic heterocycles. The van der Waals surface area contributed by atoms with E-state index in [-0.39, 0.29) is 19.8 Å². The van der Waals surface area contributed by atoms with Crippen molar-refractivity contribution in [3.05, 3.63) is 64.7 Å². The number of hydrogen-bond donors (Lipinski definition) is 3. The van der Waals surface area contributed by atoms with Gasteiger partial charge in [0, 0.05) is 12.2 Å². The Morgan fingerprint density at radius 1 is 0.963 bits per heavy atom. The summed E-state index contributed by atoms with van der Waals surface area (Å²) in [6, 6.07) is 13.3. The summed E-state index contributed by atoms with van der Waals surface area (Å²) in [4.78, 5) is 24.3. The number of benzene rings is 2. The van der Waals surface area contributed by atoms with Crippen LogP contribution in [0.3, 0.4) is 0 Å². The van der Waals surface area contributed by atoms with Gasteiger partial charge in [0.05, 0.1) is 19.3 Å². The van der Waals surface area contributed by atoms with Gasteiger partial charge >= 0.3 is 11.8 Å². The van der Waals surface area contributed by atoms with Gasteiger partial charge in [-0.05, 0) is 49.6 Å². The molecule has 0 saturated heterocycles. The van der Waals surface area contributed by atoms with Crippen molar-refractivity contribution in [2.75, 3.05) is 25.1 Å². The maximum Gasteiger partial charge on any atom is 0.313 e. The molecule has 2 aromatic carbocycles. The standard InChI is InChI=1S/C21H26N2O4/c1-14-4-6-17(7-5-14)19(27-9-8-24)13-22-20(25)21(26)23-18-11-15(2)10-16(3)12-18/h4-7,10-12,19,24H,8-9,13H2,1-3H3,(H,22,25)(H,23,26). The van der Waals surface area contributed by atoms with Crippen molar-refractivity contribution >= 4 is 17.5 Å². The average Bonchev–Trinajstić information content (AvgIpc) is 2.61. The van der Waals surface area contributed by atoms with Crippen LogP contribution in [0.5, 0.6) is 0 Å². The van der Waals surface area contributed by atoms with Crippen LogP contribution in [0.4, 0.5) is 5.69 Å². The number of carbonyl (C=O) groups excluding carboxylic acids is 2. The maximum absolute atomic E-state index is 12.2. The zero-order chi connectivity index (χ0) is 19.8. The van der Waals surface area contributed by atoms with Crippen molar-refractivity contribution in [2.24, 2.45) is 0 Å². The third kappa shape index (κ3) is 6.51. The van der Waals surface area contributed by atoms with Crippen molar-refractivity contribution in [1.29, 1.82) is 0 Å². The van der Waals surface area contributed by atoms with E-state index in [1.54, 1.807) is 12.1 Å². The van der Waals surface area contributed by atoms with Gasteiger partial charge in [0.15, 0.2) is 0 Å². The first-order chi connectivity index (χ1) is 12.9. The number of aliphatic hydroxyl groups is 1. The summed E-state index contributed by atoms with van der Waals surface area (Å²) >= 11 is 0. The molecule has 1 atom stereocenters. The first-order valence-electron chi connectivity index (χ1n) is 8.85. The van der Waals surface area contributed by atoms with Crippen LogP contribution in [0.25, 0.3) is 0 Å². The van der Waals surface area contributed by atoms with Gasteiger partial charge in [-0.1, -0.05) is 35.9 Å². The molecule has 144 valence electrons. The number of carbonyl (C=O) groups is 2. The second-order valence-corrected chi connectivity index (χ2v) is 6.53. The Labute approximate surface area is 159 Å². The number of aryl methyl sites for hydroxylation is 3. The zero-order valence-corrected chi connectivity index (χ0v) is 15.9. The first kappa shape index (κ1) is 20.6. The monoisotopic (exact) mass is 370 g/mol. The summed E-state index contributed by atoms with van der Waals surface area (Å²) in [7, 11) is 0. The van der Waals surface area contributed by atoms with Gasteiger partial charge < -0.3 is 20.5 Å². The van der Waals surface area contributed by atoms with Crippen LogP contribution in [0, 0.1) is 20.8 Å². The van der Waals surface area contributed by atoms with Crippen LogP contribution in [-0.2, 0) is 14.3 Å². The largest absolute Gasteiger partial charge is 0.394 e. The average molecular weight is 370 g/mol. The Morgan fingerprint density at radius 3 is 2.19 bits per heavy atom. The molecule has 0 spiro atoms. The van der Waals surface area contributed by atoms with Crippen LogP contribution >= 0.6 is 0 Å². The zero-order valence-electron chi connectivity index (χ0n) is 15.9. The predicted octanol–water partition coefficient (Wildman–Crippen LogP) is 2.42. The van der Waals surface area contributed by atoms with Crippen LogP contribution < -0.4 is 10.6 Å². The Kier molecular flexibility index (Phi) is 7.52. The lowest BCUT2D eigenvalue weighted by Crippen LogP contribution is -2.38. The maximum atomic E-state index is 12.2. The Hall–Kier alpha value is -2.70. The van der Waals surface area contributed by atoms with Gasteiger partial charge in [-0.2, -0.15) is 0 Å². The van der Waals surface area contributed by atoms with Gasteiger partial charge in [0.2, 0.25) is 0 Å². The molecule has 0 bridgehead atoms. The highest BCUT2D eigenvalue weighted by Gasteiger charge is 2.18. The molecule has 1 unspecified atom stereocenters. The fourth-order valence-electron chi connectivity index (χ4n) is 2.75. The Balaban J connectivity index is 1.97. The highest BCUT2D eigenvalue weighted by atomic mass is 16.5. The van der Waals surface area contributed by atoms with Gasteiger partial charge in [-0.15, -0.1) is 0 Å². The molecule has 0 aliphatic carbocycles. The predicted molar refractivity (Wildman–Crippen MR) is 105 cm³/mol. The summed E-state index contributed by atoms with van der Waals surface area (Å²) in [5.74, 6) is -1.47. The summed E-state index contributed by atoms with van der Waals surface area (Å²) < 4.78 is 5.60. The van der Waals surface area contributed by atoms with Gasteiger partial charge in [0.1, 0.15) is 0 Å². The fourth-order valence-corrected chi connectivity index (χ4v) is 2.75. The molecule has 6 heteroatoms. The molecule has 0 aliphatic rings. The Morgan fingerprint density at radius 2 is 1.59 bits per heavy atom. The van der Waals surface area contributed by atoms with E-state index in [1.807, 2.05) is 51.1 Å². The number of ether oxygens (including phenoxy) is 1. The summed E-state index contributed by atoms with van der Waals surface area (Å²) in [6.07, 6.45) is -0.448. The first-order valence-corrected chi connectivity index (χ1v) is 8.85. The number of anilines is 1. The molecule has 0 radical (unpaired) electrons. The van der Waals surface area contributed by atoms with Crippen molar-refractivity contribution in [1.82, 2.24) is 5.32 Å². The smallest absolute Gasteiger partial charge is 0.313 e. The van der Waals surface area contributed by atoms with E-state index in [0.29, 0.717) is 5.69 Å². The highest BCUT2D eigenvalue weighted by molar-refractivity contribution is 6.39. The molecule has 2 rings (SSSR count). The van der Waals surface area contributed by atoms with Crippen molar-refractivity contribution in [3.63, 3.8) is 0 Å². The van der Waals surface area contributed by atoms with E-state index in [1.165, 1.54) is 0 Å². The van der Waals surface area contributed by atoms with Crippen LogP contribution in [0.2, 0.25) is 0 Å². The number of nitrogens with one attached hydrogen (secondary N) is 2. The normalized spacial score (nSPS) is 11.7. The van der Waals surface area contributed by atoms with Crippen molar-refractivity contribution in [2.45, 2.75) is 26.9 Å². The molecule has 27 heavy (non-hydrogen) atoms. The second kappa shape index (κ2) is 9.85. The quantitative estimate of drug-likeness (QED) is 0.653. The lowest BCUT2D eigenvalue weighted by atomic mass is 10.1. The number of rotatable bonds is 7. The van der Waals surface area contributed by atoms with E-state index in [4.69, 9.17) is 9.84 Å². The molecular weight excluding hydrogens is 344 g/mol. The minimum atomic E-state index is -0.737. The number of aliphatic hydroxyl groups excluding tert-OH is 1. The van der Waals surface area contributed by atoms with Gasteiger partial charge in [0.25, 0.3) is 0 Å². The minimum Gasteiger partial charge on any atom is -0.394 e. The highest BCUT2D eigenvalue weighted by Crippen LogP contribution is 2.17. The lowest BCUT2D eigenvalue weighted by Gasteiger charge is -2.19. The third-order valence-electron chi connectivity index (χ3n) is 3.99. The second-order valence-electron chi connectivity index (χ2n) is 6.53. The van der Waals surface area contributed by atoms with E-state index < -0.39 is 17.9 Å². The van der Waals surface area contributed by atoms with Crippen LogP contribution in [-0.4, -0.2) is 36.7 Å². The molecule has 0 fully saturated rings. The molecule has 6 nitrogen and oxygen atoms in total. The molecule has 2 amide bonds. The molecule has 2 aromatic rings. The van der Waals surface area contributed by atoms with Crippen LogP contribution in [0.1, 0.15) is 28.4 Å². The fraction of sp³-hybridized carbons (Fsp3) is 0.333. The van der Waals surface area contributed by atoms with E-state index >= 15 is 0 Å². The minimum absolute atomic E-state index is 0.122. The number of amides is 2. The molecule has 0 saturated carbocycles. The Bertz CT molecular complexity index is 767. The summed E-state index contributed by atoms with van der Waals surface area (Å²) in [6.45, 7) is 5.97. The topological polar surface area (TPSA) is 87.7 Å². The van der Waals surface area contributed by atoms with Gasteiger partial charge in [-0.3, -0.25) is 9.59 Å². The molecular formula is C21H26N2O4. The van der Waals surface area contributed by atoms with E-state index in [0.717, 1.165) is 22.3 Å². The van der Waals surface area contributed by atoms with Gasteiger partial charge in [-0.25, -0.2) is 0 Å². The summed E-state index contributed by atoms with van der Waals surface area (Å²) in [5, 5.41) is 14.2. The third-order valence-corrected chi connectivity index (χ3v) is 3.99. The lowest BCUT2D eigenvalue weighted by molar-refractivity contribution is -0.136. The summed E-state index contributed by atoms with van der Waals surface area (Å²) in [5.41, 5.74) is 4.56. The molecule has 0 heterocycles. The van der Waals surface area contributed by atoms with E-state index in [2.05, 4.69) is 10.6 Å². The van der Waals surface area contributed by atoms with Crippen molar-refractivity contribution < 1.29 is 19.4 Å². The SMILES string of the molecule is Cc1ccc(C(CNC(=O)C(=O)Nc2cc(C)cc(C)c2)OCCO)cc1. The van der Waals surface area contributed by atoms with Crippen LogP contribution in [0.15, 0.2) is 42.5 Å². The molecule has 3 N–H and O–H groups in total.